The zero-order valence-electron chi connectivity index (χ0n) is 11.7. The molecule has 0 saturated heterocycles. The Morgan fingerprint density at radius 2 is 2.38 bits per heavy atom. The van der Waals surface area contributed by atoms with Gasteiger partial charge in [-0.15, -0.1) is 11.3 Å². The second-order valence-corrected chi connectivity index (χ2v) is 6.17. The van der Waals surface area contributed by atoms with Crippen LogP contribution in [0.2, 0.25) is 0 Å². The van der Waals surface area contributed by atoms with Gasteiger partial charge in [0, 0.05) is 35.9 Å². The number of hydrogen-bond acceptors (Lipinski definition) is 5. The normalized spacial score (nSPS) is 15.7. The van der Waals surface area contributed by atoms with E-state index in [4.69, 9.17) is 5.73 Å². The lowest BCUT2D eigenvalue weighted by atomic mass is 10.2. The number of amides is 1. The summed E-state index contributed by atoms with van der Waals surface area (Å²) in [6.45, 7) is 0.508. The summed E-state index contributed by atoms with van der Waals surface area (Å²) in [5, 5.41) is 5.83. The van der Waals surface area contributed by atoms with E-state index < -0.39 is 0 Å². The predicted octanol–water partition coefficient (Wildman–Crippen LogP) is 1.60. The minimum atomic E-state index is 0.000358. The second-order valence-electron chi connectivity index (χ2n) is 5.31. The van der Waals surface area contributed by atoms with Gasteiger partial charge in [-0.2, -0.15) is 0 Å². The maximum Gasteiger partial charge on any atom is 0.226 e. The fourth-order valence-corrected chi connectivity index (χ4v) is 3.11. The number of nitrogens with zero attached hydrogens (tertiary/aromatic N) is 2. The van der Waals surface area contributed by atoms with E-state index in [0.29, 0.717) is 18.9 Å². The van der Waals surface area contributed by atoms with Crippen LogP contribution in [0.1, 0.15) is 18.5 Å². The molecule has 110 valence electrons. The van der Waals surface area contributed by atoms with Crippen LogP contribution in [0.4, 0.5) is 0 Å². The second kappa shape index (κ2) is 6.32. The molecule has 1 atom stereocenters. The largest absolute Gasteiger partial charge is 0.351 e. The van der Waals surface area contributed by atoms with Gasteiger partial charge >= 0.3 is 0 Å². The summed E-state index contributed by atoms with van der Waals surface area (Å²) in [6, 6.07) is 3.96. The molecule has 3 N–H and O–H groups in total. The van der Waals surface area contributed by atoms with Crippen molar-refractivity contribution in [3.8, 4) is 10.6 Å². The Balaban J connectivity index is 1.60. The van der Waals surface area contributed by atoms with E-state index in [1.807, 2.05) is 17.5 Å². The maximum atomic E-state index is 12.0. The van der Waals surface area contributed by atoms with Crippen molar-refractivity contribution in [1.82, 2.24) is 15.3 Å². The molecule has 21 heavy (non-hydrogen) atoms. The molecule has 1 unspecified atom stereocenters. The number of carbonyl (C=O) groups excluding carboxylic acids is 1. The van der Waals surface area contributed by atoms with Gasteiger partial charge in [-0.25, -0.2) is 4.98 Å². The van der Waals surface area contributed by atoms with Crippen molar-refractivity contribution >= 4 is 17.2 Å². The Morgan fingerprint density at radius 1 is 1.52 bits per heavy atom. The van der Waals surface area contributed by atoms with Gasteiger partial charge in [-0.05, 0) is 30.9 Å². The summed E-state index contributed by atoms with van der Waals surface area (Å²) in [4.78, 5) is 20.6. The summed E-state index contributed by atoms with van der Waals surface area (Å²) < 4.78 is 0. The number of aromatic nitrogens is 2. The van der Waals surface area contributed by atoms with Gasteiger partial charge in [-0.1, -0.05) is 0 Å². The van der Waals surface area contributed by atoms with Crippen LogP contribution in [0.3, 0.4) is 0 Å². The lowest BCUT2D eigenvalue weighted by Gasteiger charge is -2.15. The third-order valence-electron chi connectivity index (χ3n) is 3.59. The SMILES string of the molecule is NCC(NC(=O)Cc1csc(-c2cccnc2)n1)C1CC1. The summed E-state index contributed by atoms with van der Waals surface area (Å²) >= 11 is 1.53. The van der Waals surface area contributed by atoms with E-state index in [1.54, 1.807) is 12.4 Å². The Labute approximate surface area is 127 Å². The Hall–Kier alpha value is -1.79. The first kappa shape index (κ1) is 14.2. The fourth-order valence-electron chi connectivity index (χ4n) is 2.30. The average Bonchev–Trinajstić information content (AvgIpc) is 3.25. The standard InChI is InChI=1S/C15H18N4OS/c16-7-13(10-3-4-10)19-14(20)6-12-9-21-15(18-12)11-2-1-5-17-8-11/h1-2,5,8-10,13H,3-4,6-7,16H2,(H,19,20). The van der Waals surface area contributed by atoms with Crippen molar-refractivity contribution in [3.63, 3.8) is 0 Å². The highest BCUT2D eigenvalue weighted by Gasteiger charge is 2.31. The molecule has 3 rings (SSSR count). The predicted molar refractivity (Wildman–Crippen MR) is 82.8 cm³/mol. The van der Waals surface area contributed by atoms with E-state index in [0.717, 1.165) is 16.3 Å². The van der Waals surface area contributed by atoms with E-state index in [9.17, 15) is 4.79 Å². The first-order chi connectivity index (χ1) is 10.3. The highest BCUT2D eigenvalue weighted by molar-refractivity contribution is 7.13. The van der Waals surface area contributed by atoms with E-state index >= 15 is 0 Å². The van der Waals surface area contributed by atoms with Crippen LogP contribution in [0.15, 0.2) is 29.9 Å². The van der Waals surface area contributed by atoms with Crippen LogP contribution in [-0.4, -0.2) is 28.5 Å². The van der Waals surface area contributed by atoms with Crippen molar-refractivity contribution in [2.45, 2.75) is 25.3 Å². The molecule has 1 aliphatic carbocycles. The molecule has 1 saturated carbocycles. The number of pyridine rings is 1. The fraction of sp³-hybridized carbons (Fsp3) is 0.400. The number of thiazole rings is 1. The molecule has 0 aliphatic heterocycles. The summed E-state index contributed by atoms with van der Waals surface area (Å²) in [5.74, 6) is 0.570. The molecule has 1 fully saturated rings. The molecule has 2 aromatic rings. The minimum absolute atomic E-state index is 0.000358. The number of hydrogen-bond donors (Lipinski definition) is 2. The molecule has 5 nitrogen and oxygen atoms in total. The van der Waals surface area contributed by atoms with Gasteiger partial charge in [-0.3, -0.25) is 9.78 Å². The molecule has 0 aromatic carbocycles. The maximum absolute atomic E-state index is 12.0. The third kappa shape index (κ3) is 3.65. The van der Waals surface area contributed by atoms with Gasteiger partial charge in [0.1, 0.15) is 5.01 Å². The molecular weight excluding hydrogens is 284 g/mol. The molecule has 1 amide bonds. The monoisotopic (exact) mass is 302 g/mol. The quantitative estimate of drug-likeness (QED) is 0.849. The van der Waals surface area contributed by atoms with E-state index in [2.05, 4.69) is 15.3 Å². The zero-order chi connectivity index (χ0) is 14.7. The summed E-state index contributed by atoms with van der Waals surface area (Å²) in [6.07, 6.45) is 6.16. The van der Waals surface area contributed by atoms with Gasteiger partial charge in [0.05, 0.1) is 12.1 Å². The topological polar surface area (TPSA) is 80.9 Å². The van der Waals surface area contributed by atoms with Crippen molar-refractivity contribution in [1.29, 1.82) is 0 Å². The van der Waals surface area contributed by atoms with Gasteiger partial charge in [0.2, 0.25) is 5.91 Å². The molecule has 0 radical (unpaired) electrons. The number of rotatable bonds is 6. The highest BCUT2D eigenvalue weighted by atomic mass is 32.1. The first-order valence-electron chi connectivity index (χ1n) is 7.10. The van der Waals surface area contributed by atoms with Crippen molar-refractivity contribution in [2.75, 3.05) is 6.54 Å². The zero-order valence-corrected chi connectivity index (χ0v) is 12.5. The molecule has 0 spiro atoms. The Morgan fingerprint density at radius 3 is 3.05 bits per heavy atom. The van der Waals surface area contributed by atoms with Crippen molar-refractivity contribution in [2.24, 2.45) is 11.7 Å². The molecular formula is C15H18N4OS. The number of nitrogens with one attached hydrogen (secondary N) is 1. The van der Waals surface area contributed by atoms with Gasteiger partial charge in [0.15, 0.2) is 0 Å². The highest BCUT2D eigenvalue weighted by Crippen LogP contribution is 2.32. The summed E-state index contributed by atoms with van der Waals surface area (Å²) in [5.41, 5.74) is 7.47. The lowest BCUT2D eigenvalue weighted by molar-refractivity contribution is -0.121. The smallest absolute Gasteiger partial charge is 0.226 e. The van der Waals surface area contributed by atoms with Gasteiger partial charge in [0.25, 0.3) is 0 Å². The molecule has 2 aromatic heterocycles. The van der Waals surface area contributed by atoms with Crippen molar-refractivity contribution in [3.05, 3.63) is 35.6 Å². The molecule has 0 bridgehead atoms. The third-order valence-corrected chi connectivity index (χ3v) is 4.53. The number of nitrogens with two attached hydrogens (primary N) is 1. The van der Waals surface area contributed by atoms with Crippen LogP contribution in [0, 0.1) is 5.92 Å². The van der Waals surface area contributed by atoms with E-state index in [1.165, 1.54) is 24.2 Å². The Kier molecular flexibility index (Phi) is 4.26. The van der Waals surface area contributed by atoms with Crippen LogP contribution in [0.25, 0.3) is 10.6 Å². The first-order valence-corrected chi connectivity index (χ1v) is 7.98. The van der Waals surface area contributed by atoms with Crippen LogP contribution in [0.5, 0.6) is 0 Å². The molecule has 2 heterocycles. The lowest BCUT2D eigenvalue weighted by Crippen LogP contribution is -2.42. The molecule has 1 aliphatic rings. The van der Waals surface area contributed by atoms with Gasteiger partial charge < -0.3 is 11.1 Å². The molecule has 6 heteroatoms. The minimum Gasteiger partial charge on any atom is -0.351 e. The Bertz CT molecular complexity index is 609. The van der Waals surface area contributed by atoms with Crippen molar-refractivity contribution < 1.29 is 4.79 Å². The number of carbonyl (C=O) groups is 1. The van der Waals surface area contributed by atoms with Crippen LogP contribution < -0.4 is 11.1 Å². The summed E-state index contributed by atoms with van der Waals surface area (Å²) in [7, 11) is 0. The van der Waals surface area contributed by atoms with Crippen LogP contribution in [-0.2, 0) is 11.2 Å². The van der Waals surface area contributed by atoms with Crippen LogP contribution >= 0.6 is 11.3 Å². The van der Waals surface area contributed by atoms with E-state index in [-0.39, 0.29) is 11.9 Å². The average molecular weight is 302 g/mol.